The van der Waals surface area contributed by atoms with Crippen molar-refractivity contribution in [1.29, 1.82) is 0 Å². The molecule has 1 aromatic heterocycles. The molecule has 2 heterocycles. The van der Waals surface area contributed by atoms with E-state index in [9.17, 15) is 0 Å². The second-order valence-corrected chi connectivity index (χ2v) is 3.78. The molecule has 0 amide bonds. The van der Waals surface area contributed by atoms with Crippen LogP contribution in [0.3, 0.4) is 0 Å². The van der Waals surface area contributed by atoms with Crippen LogP contribution in [0.25, 0.3) is 6.20 Å². The second-order valence-electron chi connectivity index (χ2n) is 3.78. The van der Waals surface area contributed by atoms with Gasteiger partial charge in [0.1, 0.15) is 0 Å². The van der Waals surface area contributed by atoms with E-state index in [0.717, 1.165) is 32.6 Å². The quantitative estimate of drug-likeness (QED) is 0.807. The molecule has 15 heavy (non-hydrogen) atoms. The monoisotopic (exact) mass is 207 g/mol. The first kappa shape index (κ1) is 10.4. The first-order valence-corrected chi connectivity index (χ1v) is 5.35. The lowest BCUT2D eigenvalue weighted by atomic mass is 10.1. The van der Waals surface area contributed by atoms with Crippen LogP contribution in [0.2, 0.25) is 0 Å². The number of hydrogen-bond donors (Lipinski definition) is 1. The summed E-state index contributed by atoms with van der Waals surface area (Å²) < 4.78 is 7.03. The van der Waals surface area contributed by atoms with Crippen molar-refractivity contribution in [2.75, 3.05) is 13.2 Å². The van der Waals surface area contributed by atoms with Crippen LogP contribution < -0.4 is 5.32 Å². The van der Waals surface area contributed by atoms with E-state index in [4.69, 9.17) is 4.74 Å². The van der Waals surface area contributed by atoms with Gasteiger partial charge in [-0.25, -0.2) is 4.68 Å². The molecule has 1 aliphatic heterocycles. The Morgan fingerprint density at radius 2 is 2.40 bits per heavy atom. The lowest BCUT2D eigenvalue weighted by Gasteiger charge is -2.22. The molecule has 0 spiro atoms. The molecule has 1 fully saturated rings. The summed E-state index contributed by atoms with van der Waals surface area (Å²) in [6, 6.07) is 0.589. The zero-order valence-corrected chi connectivity index (χ0v) is 8.85. The fourth-order valence-electron chi connectivity index (χ4n) is 1.73. The highest BCUT2D eigenvalue weighted by Gasteiger charge is 2.12. The van der Waals surface area contributed by atoms with Gasteiger partial charge in [0.05, 0.1) is 6.20 Å². The Morgan fingerprint density at radius 1 is 1.60 bits per heavy atom. The molecule has 0 atom stereocenters. The van der Waals surface area contributed by atoms with Crippen molar-refractivity contribution in [2.45, 2.75) is 25.4 Å². The van der Waals surface area contributed by atoms with Crippen molar-refractivity contribution in [1.82, 2.24) is 15.1 Å². The normalized spacial score (nSPS) is 17.9. The molecular weight excluding hydrogens is 190 g/mol. The summed E-state index contributed by atoms with van der Waals surface area (Å²) in [7, 11) is 0. The van der Waals surface area contributed by atoms with Crippen LogP contribution in [0, 0.1) is 0 Å². The number of nitrogens with zero attached hydrogens (tertiary/aromatic N) is 2. The van der Waals surface area contributed by atoms with E-state index < -0.39 is 0 Å². The van der Waals surface area contributed by atoms with Gasteiger partial charge < -0.3 is 10.1 Å². The SMILES string of the molecule is C=Cn1cc(CNC2CCOCC2)cn1. The van der Waals surface area contributed by atoms with E-state index in [1.54, 1.807) is 10.9 Å². The average Bonchev–Trinajstić information content (AvgIpc) is 2.76. The van der Waals surface area contributed by atoms with Gasteiger partial charge >= 0.3 is 0 Å². The Morgan fingerprint density at radius 3 is 3.07 bits per heavy atom. The van der Waals surface area contributed by atoms with Crippen LogP contribution in [-0.4, -0.2) is 29.0 Å². The molecule has 0 radical (unpaired) electrons. The Labute approximate surface area is 89.9 Å². The van der Waals surface area contributed by atoms with Gasteiger partial charge in [0.2, 0.25) is 0 Å². The van der Waals surface area contributed by atoms with E-state index in [-0.39, 0.29) is 0 Å². The summed E-state index contributed by atoms with van der Waals surface area (Å²) >= 11 is 0. The molecular formula is C11H17N3O. The van der Waals surface area contributed by atoms with Gasteiger partial charge in [-0.3, -0.25) is 0 Å². The molecule has 0 aliphatic carbocycles. The summed E-state index contributed by atoms with van der Waals surface area (Å²) in [5, 5.41) is 7.64. The molecule has 82 valence electrons. The van der Waals surface area contributed by atoms with Crippen molar-refractivity contribution in [3.05, 3.63) is 24.5 Å². The number of ether oxygens (including phenoxy) is 1. The molecule has 1 saturated heterocycles. The minimum Gasteiger partial charge on any atom is -0.381 e. The topological polar surface area (TPSA) is 39.1 Å². The van der Waals surface area contributed by atoms with Gasteiger partial charge in [-0.2, -0.15) is 5.10 Å². The fraction of sp³-hybridized carbons (Fsp3) is 0.545. The largest absolute Gasteiger partial charge is 0.381 e. The molecule has 4 nitrogen and oxygen atoms in total. The fourth-order valence-corrected chi connectivity index (χ4v) is 1.73. The Balaban J connectivity index is 1.79. The molecule has 0 saturated carbocycles. The summed E-state index contributed by atoms with van der Waals surface area (Å²) in [5.74, 6) is 0. The molecule has 1 aliphatic rings. The van der Waals surface area contributed by atoms with Gasteiger partial charge in [-0.15, -0.1) is 0 Å². The zero-order valence-electron chi connectivity index (χ0n) is 8.85. The summed E-state index contributed by atoms with van der Waals surface area (Å²) in [4.78, 5) is 0. The van der Waals surface area contributed by atoms with E-state index in [1.165, 1.54) is 5.56 Å². The van der Waals surface area contributed by atoms with Crippen LogP contribution in [0.5, 0.6) is 0 Å². The molecule has 0 aromatic carbocycles. The Bertz CT molecular complexity index is 315. The predicted molar refractivity (Wildman–Crippen MR) is 59.3 cm³/mol. The molecule has 0 unspecified atom stereocenters. The lowest BCUT2D eigenvalue weighted by molar-refractivity contribution is 0.0776. The zero-order chi connectivity index (χ0) is 10.5. The Hall–Kier alpha value is -1.13. The second kappa shape index (κ2) is 5.09. The highest BCUT2D eigenvalue weighted by molar-refractivity contribution is 5.17. The summed E-state index contributed by atoms with van der Waals surface area (Å²) in [6.07, 6.45) is 7.76. The van der Waals surface area contributed by atoms with E-state index in [0.29, 0.717) is 6.04 Å². The highest BCUT2D eigenvalue weighted by Crippen LogP contribution is 2.07. The molecule has 2 rings (SSSR count). The number of hydrogen-bond acceptors (Lipinski definition) is 3. The third kappa shape index (κ3) is 2.91. The molecule has 1 N–H and O–H groups in total. The van der Waals surface area contributed by atoms with Crippen molar-refractivity contribution in [2.24, 2.45) is 0 Å². The van der Waals surface area contributed by atoms with Crippen molar-refractivity contribution in [3.63, 3.8) is 0 Å². The summed E-state index contributed by atoms with van der Waals surface area (Å²) in [6.45, 7) is 6.29. The van der Waals surface area contributed by atoms with Gasteiger partial charge in [0.15, 0.2) is 0 Å². The third-order valence-corrected chi connectivity index (χ3v) is 2.66. The van der Waals surface area contributed by atoms with Crippen LogP contribution >= 0.6 is 0 Å². The van der Waals surface area contributed by atoms with Crippen molar-refractivity contribution < 1.29 is 4.74 Å². The van der Waals surface area contributed by atoms with Crippen LogP contribution in [-0.2, 0) is 11.3 Å². The van der Waals surface area contributed by atoms with Crippen LogP contribution in [0.15, 0.2) is 19.0 Å². The third-order valence-electron chi connectivity index (χ3n) is 2.66. The van der Waals surface area contributed by atoms with Crippen molar-refractivity contribution in [3.8, 4) is 0 Å². The molecule has 0 bridgehead atoms. The maximum Gasteiger partial charge on any atom is 0.0538 e. The van der Waals surface area contributed by atoms with E-state index in [2.05, 4.69) is 17.0 Å². The minimum absolute atomic E-state index is 0.589. The standard InChI is InChI=1S/C11H17N3O/c1-2-14-9-10(8-13-14)7-12-11-3-5-15-6-4-11/h2,8-9,11-12H,1,3-7H2. The Kier molecular flexibility index (Phi) is 3.53. The molecule has 4 heteroatoms. The van der Waals surface area contributed by atoms with Gasteiger partial charge in [-0.1, -0.05) is 6.58 Å². The molecule has 1 aromatic rings. The van der Waals surface area contributed by atoms with Crippen LogP contribution in [0.4, 0.5) is 0 Å². The number of rotatable bonds is 4. The predicted octanol–water partition coefficient (Wildman–Crippen LogP) is 1.25. The average molecular weight is 207 g/mol. The van der Waals surface area contributed by atoms with Gasteiger partial charge in [0.25, 0.3) is 0 Å². The minimum atomic E-state index is 0.589. The first-order valence-electron chi connectivity index (χ1n) is 5.35. The first-order chi connectivity index (χ1) is 7.38. The van der Waals surface area contributed by atoms with Crippen LogP contribution in [0.1, 0.15) is 18.4 Å². The van der Waals surface area contributed by atoms with Gasteiger partial charge in [0, 0.05) is 43.8 Å². The smallest absolute Gasteiger partial charge is 0.0538 e. The maximum absolute atomic E-state index is 5.30. The van der Waals surface area contributed by atoms with E-state index in [1.807, 2.05) is 12.4 Å². The highest BCUT2D eigenvalue weighted by atomic mass is 16.5. The van der Waals surface area contributed by atoms with Crippen molar-refractivity contribution >= 4 is 6.20 Å². The van der Waals surface area contributed by atoms with E-state index >= 15 is 0 Å². The lowest BCUT2D eigenvalue weighted by Crippen LogP contribution is -2.34. The number of aromatic nitrogens is 2. The van der Waals surface area contributed by atoms with Gasteiger partial charge in [-0.05, 0) is 12.8 Å². The maximum atomic E-state index is 5.30. The summed E-state index contributed by atoms with van der Waals surface area (Å²) in [5.41, 5.74) is 1.20. The number of nitrogens with one attached hydrogen (secondary N) is 1.